The molecule has 0 spiro atoms. The third-order valence-electron chi connectivity index (χ3n) is 6.17. The smallest absolute Gasteiger partial charge is 0.229 e. The van der Waals surface area contributed by atoms with E-state index in [1.165, 1.54) is 24.0 Å². The molecule has 1 N–H and O–H groups in total. The lowest BCUT2D eigenvalue weighted by atomic mass is 10.0. The topological polar surface area (TPSA) is 52.7 Å². The Balaban J connectivity index is 1.37. The summed E-state index contributed by atoms with van der Waals surface area (Å²) in [5.41, 5.74) is 4.13. The first-order valence-electron chi connectivity index (χ1n) is 11.0. The van der Waals surface area contributed by atoms with Crippen LogP contribution >= 0.6 is 0 Å². The minimum atomic E-state index is -0.329. The molecule has 0 aliphatic carbocycles. The molecule has 1 unspecified atom stereocenters. The summed E-state index contributed by atoms with van der Waals surface area (Å²) in [7, 11) is 0. The van der Waals surface area contributed by atoms with Gasteiger partial charge in [0.2, 0.25) is 11.8 Å². The predicted molar refractivity (Wildman–Crippen MR) is 121 cm³/mol. The second-order valence-electron chi connectivity index (χ2n) is 8.82. The lowest BCUT2D eigenvalue weighted by Gasteiger charge is -2.18. The van der Waals surface area contributed by atoms with Crippen LogP contribution in [-0.4, -0.2) is 36.3 Å². The number of anilines is 2. The zero-order valence-corrected chi connectivity index (χ0v) is 17.9. The summed E-state index contributed by atoms with van der Waals surface area (Å²) >= 11 is 0. The first kappa shape index (κ1) is 20.6. The van der Waals surface area contributed by atoms with Crippen LogP contribution in [0.25, 0.3) is 0 Å². The number of rotatable bonds is 6. The molecule has 0 saturated carbocycles. The van der Waals surface area contributed by atoms with Gasteiger partial charge in [-0.2, -0.15) is 0 Å². The van der Waals surface area contributed by atoms with Gasteiger partial charge in [0.15, 0.2) is 0 Å². The Morgan fingerprint density at radius 3 is 2.53 bits per heavy atom. The lowest BCUT2D eigenvalue weighted by molar-refractivity contribution is -0.122. The van der Waals surface area contributed by atoms with Crippen molar-refractivity contribution in [2.75, 3.05) is 29.9 Å². The van der Waals surface area contributed by atoms with Gasteiger partial charge in [-0.1, -0.05) is 38.1 Å². The number of hydrogen-bond donors (Lipinski definition) is 1. The van der Waals surface area contributed by atoms with Crippen LogP contribution in [0.1, 0.15) is 50.2 Å². The van der Waals surface area contributed by atoms with Gasteiger partial charge in [-0.05, 0) is 67.2 Å². The normalized spacial score (nSPS) is 19.6. The number of carbonyl (C=O) groups excluding carboxylic acids is 2. The molecule has 158 valence electrons. The lowest BCUT2D eigenvalue weighted by Crippen LogP contribution is -2.28. The number of nitrogens with zero attached hydrogens (tertiary/aromatic N) is 2. The molecule has 0 aromatic heterocycles. The van der Waals surface area contributed by atoms with Gasteiger partial charge in [-0.25, -0.2) is 0 Å². The third kappa shape index (κ3) is 4.73. The van der Waals surface area contributed by atoms with E-state index in [2.05, 4.69) is 48.3 Å². The fraction of sp³-hybridized carbons (Fsp3) is 0.440. The van der Waals surface area contributed by atoms with Gasteiger partial charge in [0.25, 0.3) is 0 Å². The molecular formula is C25H31N3O2. The van der Waals surface area contributed by atoms with E-state index in [-0.39, 0.29) is 24.2 Å². The third-order valence-corrected chi connectivity index (χ3v) is 6.17. The van der Waals surface area contributed by atoms with E-state index in [1.807, 2.05) is 24.3 Å². The van der Waals surface area contributed by atoms with Gasteiger partial charge in [0.1, 0.15) is 0 Å². The van der Waals surface area contributed by atoms with Crippen LogP contribution in [0, 0.1) is 5.92 Å². The highest BCUT2D eigenvalue weighted by atomic mass is 16.2. The van der Waals surface area contributed by atoms with Crippen LogP contribution in [-0.2, 0) is 16.1 Å². The molecular weight excluding hydrogens is 374 g/mol. The molecule has 2 amide bonds. The summed E-state index contributed by atoms with van der Waals surface area (Å²) < 4.78 is 0. The Morgan fingerprint density at radius 2 is 1.83 bits per heavy atom. The van der Waals surface area contributed by atoms with Gasteiger partial charge in [-0.15, -0.1) is 0 Å². The van der Waals surface area contributed by atoms with E-state index >= 15 is 0 Å². The number of benzene rings is 2. The largest absolute Gasteiger partial charge is 0.326 e. The Morgan fingerprint density at radius 1 is 1.10 bits per heavy atom. The maximum atomic E-state index is 12.8. The number of likely N-dealkylation sites (tertiary alicyclic amines) is 1. The van der Waals surface area contributed by atoms with E-state index in [0.717, 1.165) is 31.0 Å². The molecule has 30 heavy (non-hydrogen) atoms. The molecule has 0 radical (unpaired) electrons. The van der Waals surface area contributed by atoms with E-state index in [9.17, 15) is 9.59 Å². The number of nitrogens with one attached hydrogen (secondary N) is 1. The van der Waals surface area contributed by atoms with Crippen LogP contribution in [0.15, 0.2) is 48.5 Å². The second-order valence-corrected chi connectivity index (χ2v) is 8.82. The van der Waals surface area contributed by atoms with Gasteiger partial charge in [0, 0.05) is 30.9 Å². The van der Waals surface area contributed by atoms with E-state index in [1.54, 1.807) is 4.90 Å². The molecule has 1 atom stereocenters. The van der Waals surface area contributed by atoms with Gasteiger partial charge < -0.3 is 10.2 Å². The zero-order valence-electron chi connectivity index (χ0n) is 17.9. The Hall–Kier alpha value is -2.66. The fourth-order valence-corrected chi connectivity index (χ4v) is 4.36. The van der Waals surface area contributed by atoms with Crippen molar-refractivity contribution in [1.82, 2.24) is 4.90 Å². The van der Waals surface area contributed by atoms with Crippen molar-refractivity contribution in [3.05, 3.63) is 59.7 Å². The Bertz CT molecular complexity index is 901. The van der Waals surface area contributed by atoms with Crippen molar-refractivity contribution in [3.8, 4) is 0 Å². The van der Waals surface area contributed by atoms with Gasteiger partial charge >= 0.3 is 0 Å². The summed E-state index contributed by atoms with van der Waals surface area (Å²) in [5, 5.41) is 3.03. The Kier molecular flexibility index (Phi) is 6.18. The van der Waals surface area contributed by atoms with Crippen LogP contribution in [0.5, 0.6) is 0 Å². The molecule has 2 heterocycles. The highest BCUT2D eigenvalue weighted by Crippen LogP contribution is 2.28. The maximum absolute atomic E-state index is 12.8. The SMILES string of the molecule is CC(C)c1ccc(N2CC(C(=O)Nc3cccc(CN4CCCC4)c3)CC2=O)cc1. The molecule has 5 heteroatoms. The highest BCUT2D eigenvalue weighted by molar-refractivity contribution is 6.03. The molecule has 5 nitrogen and oxygen atoms in total. The molecule has 2 saturated heterocycles. The second kappa shape index (κ2) is 9.00. The molecule has 2 aromatic carbocycles. The quantitative estimate of drug-likeness (QED) is 0.775. The van der Waals surface area contributed by atoms with Crippen molar-refractivity contribution in [1.29, 1.82) is 0 Å². The molecule has 4 rings (SSSR count). The highest BCUT2D eigenvalue weighted by Gasteiger charge is 2.35. The van der Waals surface area contributed by atoms with Crippen molar-refractivity contribution in [2.45, 2.75) is 45.6 Å². The maximum Gasteiger partial charge on any atom is 0.229 e. The fourth-order valence-electron chi connectivity index (χ4n) is 4.36. The number of carbonyl (C=O) groups is 2. The van der Waals surface area contributed by atoms with Crippen LogP contribution < -0.4 is 10.2 Å². The first-order valence-corrected chi connectivity index (χ1v) is 11.0. The Labute approximate surface area is 179 Å². The number of amides is 2. The molecule has 2 fully saturated rings. The first-order chi connectivity index (χ1) is 14.5. The average Bonchev–Trinajstić information content (AvgIpc) is 3.38. The monoisotopic (exact) mass is 405 g/mol. The summed E-state index contributed by atoms with van der Waals surface area (Å²) in [4.78, 5) is 29.6. The minimum absolute atomic E-state index is 0.00947. The molecule has 2 aliphatic rings. The van der Waals surface area contributed by atoms with Crippen LogP contribution in [0.3, 0.4) is 0 Å². The number of hydrogen-bond acceptors (Lipinski definition) is 3. The molecule has 0 bridgehead atoms. The summed E-state index contributed by atoms with van der Waals surface area (Å²) in [6.45, 7) is 7.95. The van der Waals surface area contributed by atoms with Crippen LogP contribution in [0.2, 0.25) is 0 Å². The van der Waals surface area contributed by atoms with Crippen molar-refractivity contribution >= 4 is 23.2 Å². The van der Waals surface area contributed by atoms with E-state index in [0.29, 0.717) is 12.5 Å². The van der Waals surface area contributed by atoms with Crippen molar-refractivity contribution in [3.63, 3.8) is 0 Å². The summed E-state index contributed by atoms with van der Waals surface area (Å²) in [5.74, 6) is 0.0517. The van der Waals surface area contributed by atoms with Crippen LogP contribution in [0.4, 0.5) is 11.4 Å². The summed E-state index contributed by atoms with van der Waals surface area (Å²) in [6.07, 6.45) is 2.79. The molecule has 2 aliphatic heterocycles. The van der Waals surface area contributed by atoms with Gasteiger partial charge in [0.05, 0.1) is 5.92 Å². The van der Waals surface area contributed by atoms with E-state index < -0.39 is 0 Å². The average molecular weight is 406 g/mol. The minimum Gasteiger partial charge on any atom is -0.326 e. The molecule has 2 aromatic rings. The zero-order chi connectivity index (χ0) is 21.1. The predicted octanol–water partition coefficient (Wildman–Crippen LogP) is 4.40. The van der Waals surface area contributed by atoms with E-state index in [4.69, 9.17) is 0 Å². The van der Waals surface area contributed by atoms with Crippen molar-refractivity contribution < 1.29 is 9.59 Å². The summed E-state index contributed by atoms with van der Waals surface area (Å²) in [6, 6.07) is 16.2. The van der Waals surface area contributed by atoms with Crippen molar-refractivity contribution in [2.24, 2.45) is 5.92 Å². The standard InChI is InChI=1S/C25H31N3O2/c1-18(2)20-8-10-23(11-9-20)28-17-21(15-24(28)29)25(30)26-22-7-5-6-19(14-22)16-27-12-3-4-13-27/h5-11,14,18,21H,3-4,12-13,15-17H2,1-2H3,(H,26,30). The van der Waals surface area contributed by atoms with Gasteiger partial charge in [-0.3, -0.25) is 14.5 Å².